The Morgan fingerprint density at radius 2 is 2.25 bits per heavy atom. The number of aromatic nitrogens is 1. The van der Waals surface area contributed by atoms with Crippen LogP contribution in [0.4, 0.5) is 4.39 Å². The number of hydrogen-bond donors (Lipinski definition) is 1. The normalized spacial score (nSPS) is 10.8. The van der Waals surface area contributed by atoms with E-state index in [2.05, 4.69) is 20.9 Å². The van der Waals surface area contributed by atoms with Crippen molar-refractivity contribution in [2.75, 3.05) is 0 Å². The molecule has 2 nitrogen and oxygen atoms in total. The second kappa shape index (κ2) is 4.79. The van der Waals surface area contributed by atoms with Gasteiger partial charge in [0, 0.05) is 5.56 Å². The first-order valence-corrected chi connectivity index (χ1v) is 6.32. The van der Waals surface area contributed by atoms with E-state index in [1.165, 1.54) is 29.5 Å². The largest absolute Gasteiger partial charge is 0.391 e. The predicted molar refractivity (Wildman–Crippen MR) is 66.1 cm³/mol. The minimum atomic E-state index is -0.382. The molecule has 0 unspecified atom stereocenters. The summed E-state index contributed by atoms with van der Waals surface area (Å²) in [6, 6.07) is 4.06. The van der Waals surface area contributed by atoms with E-state index < -0.39 is 0 Å². The molecule has 2 aromatic rings. The molecule has 0 fully saturated rings. The van der Waals surface area contributed by atoms with Gasteiger partial charge in [-0.25, -0.2) is 9.37 Å². The zero-order chi connectivity index (χ0) is 11.7. The van der Waals surface area contributed by atoms with Gasteiger partial charge >= 0.3 is 0 Å². The molecule has 0 aliphatic rings. The Labute approximate surface area is 109 Å². The Bertz CT molecular complexity index is 532. The molecule has 1 N–H and O–H groups in total. The molecule has 0 saturated heterocycles. The smallest absolute Gasteiger partial charge is 0.160 e. The summed E-state index contributed by atoms with van der Waals surface area (Å²) in [4.78, 5) is 4.83. The lowest BCUT2D eigenvalue weighted by molar-refractivity contribution is 0.286. The molecule has 1 aromatic carbocycles. The molecule has 16 heavy (non-hydrogen) atoms. The van der Waals surface area contributed by atoms with Gasteiger partial charge in [-0.3, -0.25) is 0 Å². The minimum absolute atomic E-state index is 0.147. The topological polar surface area (TPSA) is 33.1 Å². The monoisotopic (exact) mass is 321 g/mol. The van der Waals surface area contributed by atoms with Gasteiger partial charge in [0.25, 0.3) is 0 Å². The van der Waals surface area contributed by atoms with E-state index in [4.69, 9.17) is 16.7 Å². The van der Waals surface area contributed by atoms with E-state index in [1.807, 2.05) is 0 Å². The molecule has 0 bridgehead atoms. The van der Waals surface area contributed by atoms with E-state index in [0.29, 0.717) is 25.1 Å². The van der Waals surface area contributed by atoms with Crippen molar-refractivity contribution in [3.05, 3.63) is 37.8 Å². The zero-order valence-corrected chi connectivity index (χ0v) is 11.0. The van der Waals surface area contributed by atoms with Gasteiger partial charge in [0.2, 0.25) is 0 Å². The van der Waals surface area contributed by atoms with Gasteiger partial charge in [-0.2, -0.15) is 0 Å². The van der Waals surface area contributed by atoms with Crippen molar-refractivity contribution in [2.45, 2.75) is 6.61 Å². The lowest BCUT2D eigenvalue weighted by atomic mass is 10.1. The van der Waals surface area contributed by atoms with Crippen molar-refractivity contribution in [1.82, 2.24) is 4.98 Å². The average Bonchev–Trinajstić information content (AvgIpc) is 2.63. The van der Waals surface area contributed by atoms with Crippen LogP contribution in [0.5, 0.6) is 0 Å². The van der Waals surface area contributed by atoms with Crippen LogP contribution in [0.25, 0.3) is 11.3 Å². The van der Waals surface area contributed by atoms with Gasteiger partial charge in [-0.05, 0) is 34.1 Å². The highest BCUT2D eigenvalue weighted by atomic mass is 79.9. The number of nitrogens with zero attached hydrogens (tertiary/aromatic N) is 1. The van der Waals surface area contributed by atoms with Gasteiger partial charge in [-0.15, -0.1) is 11.3 Å². The molecule has 0 radical (unpaired) electrons. The quantitative estimate of drug-likeness (QED) is 0.911. The summed E-state index contributed by atoms with van der Waals surface area (Å²) in [5.41, 5.74) is 1.01. The second-order valence-electron chi connectivity index (χ2n) is 3.02. The molecule has 2 rings (SSSR count). The van der Waals surface area contributed by atoms with Crippen LogP contribution in [0.15, 0.2) is 22.1 Å². The van der Waals surface area contributed by atoms with Crippen LogP contribution >= 0.6 is 38.9 Å². The van der Waals surface area contributed by atoms with Crippen molar-refractivity contribution >= 4 is 38.9 Å². The lowest BCUT2D eigenvalue weighted by Crippen LogP contribution is -1.87. The first kappa shape index (κ1) is 12.0. The number of rotatable bonds is 2. The number of benzene rings is 1. The summed E-state index contributed by atoms with van der Waals surface area (Å²) in [6.45, 7) is -0.147. The van der Waals surface area contributed by atoms with Crippen molar-refractivity contribution < 1.29 is 9.50 Å². The van der Waals surface area contributed by atoms with Gasteiger partial charge in [0.1, 0.15) is 5.82 Å². The fourth-order valence-electron chi connectivity index (χ4n) is 1.32. The maximum Gasteiger partial charge on any atom is 0.160 e. The number of hydrogen-bond acceptors (Lipinski definition) is 3. The summed E-state index contributed by atoms with van der Waals surface area (Å²) in [6.07, 6.45) is 0. The highest BCUT2D eigenvalue weighted by Gasteiger charge is 2.14. The molecule has 0 saturated carbocycles. The summed E-state index contributed by atoms with van der Waals surface area (Å²) < 4.78 is 13.7. The first-order valence-electron chi connectivity index (χ1n) is 4.33. The third-order valence-electron chi connectivity index (χ3n) is 2.00. The van der Waals surface area contributed by atoms with Crippen LogP contribution in [0.3, 0.4) is 0 Å². The highest BCUT2D eigenvalue weighted by Crippen LogP contribution is 2.35. The average molecular weight is 323 g/mol. The molecule has 0 aliphatic carbocycles. The van der Waals surface area contributed by atoms with Crippen molar-refractivity contribution in [3.8, 4) is 11.3 Å². The number of aliphatic hydroxyl groups is 1. The summed E-state index contributed by atoms with van der Waals surface area (Å²) >= 11 is 10.5. The van der Waals surface area contributed by atoms with E-state index >= 15 is 0 Å². The van der Waals surface area contributed by atoms with E-state index in [1.54, 1.807) is 0 Å². The molecule has 0 aliphatic heterocycles. The van der Waals surface area contributed by atoms with E-state index in [-0.39, 0.29) is 12.4 Å². The van der Waals surface area contributed by atoms with Crippen LogP contribution in [0.2, 0.25) is 5.02 Å². The standard InChI is InChI=1S/C10H6BrClFNOS/c11-10-14-9(8(4-15)16-10)6-3-5(13)1-2-7(6)12/h1-3,15H,4H2. The summed E-state index contributed by atoms with van der Waals surface area (Å²) in [7, 11) is 0. The highest BCUT2D eigenvalue weighted by molar-refractivity contribution is 9.11. The molecule has 0 amide bonds. The minimum Gasteiger partial charge on any atom is -0.391 e. The maximum atomic E-state index is 13.1. The van der Waals surface area contributed by atoms with Crippen molar-refractivity contribution in [3.63, 3.8) is 0 Å². The Kier molecular flexibility index (Phi) is 3.59. The van der Waals surface area contributed by atoms with Crippen molar-refractivity contribution in [1.29, 1.82) is 0 Å². The number of thiazole rings is 1. The SMILES string of the molecule is OCc1sc(Br)nc1-c1cc(F)ccc1Cl. The van der Waals surface area contributed by atoms with Crippen molar-refractivity contribution in [2.24, 2.45) is 0 Å². The Balaban J connectivity index is 2.61. The fourth-order valence-corrected chi connectivity index (χ4v) is 2.95. The molecule has 1 heterocycles. The van der Waals surface area contributed by atoms with Crippen LogP contribution in [0, 0.1) is 5.82 Å². The molecule has 6 heteroatoms. The second-order valence-corrected chi connectivity index (χ2v) is 5.79. The van der Waals surface area contributed by atoms with Gasteiger partial charge in [-0.1, -0.05) is 11.6 Å². The zero-order valence-electron chi connectivity index (χ0n) is 7.88. The molecule has 0 atom stereocenters. The third-order valence-corrected chi connectivity index (χ3v) is 3.82. The van der Waals surface area contributed by atoms with E-state index in [9.17, 15) is 4.39 Å². The summed E-state index contributed by atoms with van der Waals surface area (Å²) in [5.74, 6) is -0.382. The van der Waals surface area contributed by atoms with Gasteiger partial charge in [0.15, 0.2) is 3.92 Å². The maximum absolute atomic E-state index is 13.1. The molecule has 1 aromatic heterocycles. The Morgan fingerprint density at radius 3 is 2.94 bits per heavy atom. The number of halogens is 3. The third kappa shape index (κ3) is 2.27. The van der Waals surface area contributed by atoms with Gasteiger partial charge in [0.05, 0.1) is 22.2 Å². The molecular formula is C10H6BrClFNOS. The number of aliphatic hydroxyl groups excluding tert-OH is 1. The Morgan fingerprint density at radius 1 is 1.50 bits per heavy atom. The van der Waals surface area contributed by atoms with Gasteiger partial charge < -0.3 is 5.11 Å². The molecular weight excluding hydrogens is 317 g/mol. The van der Waals surface area contributed by atoms with Crippen LogP contribution < -0.4 is 0 Å². The first-order chi connectivity index (χ1) is 7.61. The van der Waals surface area contributed by atoms with E-state index in [0.717, 1.165) is 0 Å². The fraction of sp³-hybridized carbons (Fsp3) is 0.100. The summed E-state index contributed by atoms with van der Waals surface area (Å²) in [5, 5.41) is 9.58. The molecule has 0 spiro atoms. The van der Waals surface area contributed by atoms with Crippen LogP contribution in [-0.4, -0.2) is 10.1 Å². The predicted octanol–water partition coefficient (Wildman–Crippen LogP) is 3.86. The molecule has 84 valence electrons. The Hall–Kier alpha value is -0.490. The van der Waals surface area contributed by atoms with Crippen LogP contribution in [-0.2, 0) is 6.61 Å². The lowest BCUT2D eigenvalue weighted by Gasteiger charge is -2.02. The van der Waals surface area contributed by atoms with Crippen LogP contribution in [0.1, 0.15) is 4.88 Å².